The van der Waals surface area contributed by atoms with Gasteiger partial charge in [-0.1, -0.05) is 35.9 Å². The van der Waals surface area contributed by atoms with E-state index in [1.807, 2.05) is 43.3 Å². The molecule has 1 aromatic heterocycles. The van der Waals surface area contributed by atoms with Gasteiger partial charge < -0.3 is 20.4 Å². The highest BCUT2D eigenvalue weighted by molar-refractivity contribution is 6.00. The lowest BCUT2D eigenvalue weighted by molar-refractivity contribution is -0.156. The molecule has 3 rings (SSSR count). The van der Waals surface area contributed by atoms with Crippen molar-refractivity contribution in [1.29, 1.82) is 0 Å². The molecular weight excluding hydrogens is 406 g/mol. The van der Waals surface area contributed by atoms with Gasteiger partial charge in [-0.25, -0.2) is 0 Å². The van der Waals surface area contributed by atoms with Crippen LogP contribution < -0.4 is 10.6 Å². The minimum Gasteiger partial charge on any atom is -0.460 e. The Bertz CT molecular complexity index is 1110. The molecule has 0 bridgehead atoms. The number of anilines is 1. The number of rotatable bonds is 7. The number of carbonyl (C=O) groups is 3. The largest absolute Gasteiger partial charge is 0.460 e. The number of amides is 2. The number of ether oxygens (including phenoxy) is 1. The number of para-hydroxylation sites is 1. The van der Waals surface area contributed by atoms with Gasteiger partial charge in [-0.2, -0.15) is 0 Å². The fourth-order valence-corrected chi connectivity index (χ4v) is 3.32. The maximum Gasteiger partial charge on any atom is 0.308 e. The molecule has 2 amide bonds. The van der Waals surface area contributed by atoms with Crippen molar-refractivity contribution in [2.75, 3.05) is 5.32 Å². The third-order valence-electron chi connectivity index (χ3n) is 4.79. The van der Waals surface area contributed by atoms with Crippen LogP contribution in [-0.2, 0) is 25.5 Å². The summed E-state index contributed by atoms with van der Waals surface area (Å²) in [7, 11) is 0. The molecular formula is C25H29N3O4. The normalized spacial score (nSPS) is 12.2. The van der Waals surface area contributed by atoms with Crippen LogP contribution in [0.1, 0.15) is 38.3 Å². The van der Waals surface area contributed by atoms with E-state index in [9.17, 15) is 14.4 Å². The second kappa shape index (κ2) is 9.68. The molecule has 0 fully saturated rings. The van der Waals surface area contributed by atoms with E-state index in [2.05, 4.69) is 15.6 Å². The number of aromatic nitrogens is 1. The quantitative estimate of drug-likeness (QED) is 0.491. The Kier molecular flexibility index (Phi) is 6.98. The van der Waals surface area contributed by atoms with Crippen LogP contribution in [0.2, 0.25) is 0 Å². The number of fused-ring (bicyclic) bond motifs is 1. The third kappa shape index (κ3) is 6.44. The van der Waals surface area contributed by atoms with Crippen molar-refractivity contribution in [2.45, 2.75) is 52.2 Å². The lowest BCUT2D eigenvalue weighted by Gasteiger charge is -2.22. The van der Waals surface area contributed by atoms with Crippen LogP contribution in [0.4, 0.5) is 5.69 Å². The monoisotopic (exact) mass is 435 g/mol. The van der Waals surface area contributed by atoms with Gasteiger partial charge in [-0.3, -0.25) is 14.4 Å². The van der Waals surface area contributed by atoms with Crippen LogP contribution in [0.3, 0.4) is 0 Å². The lowest BCUT2D eigenvalue weighted by atomic mass is 10.1. The summed E-state index contributed by atoms with van der Waals surface area (Å²) in [5.74, 6) is -1.40. The molecule has 0 spiro atoms. The van der Waals surface area contributed by atoms with Crippen LogP contribution in [0.25, 0.3) is 10.9 Å². The van der Waals surface area contributed by atoms with Crippen molar-refractivity contribution in [3.63, 3.8) is 0 Å². The fraction of sp³-hybridized carbons (Fsp3) is 0.320. The second-order valence-electron chi connectivity index (χ2n) is 8.80. The van der Waals surface area contributed by atoms with E-state index in [0.717, 1.165) is 22.0 Å². The minimum absolute atomic E-state index is 0.0760. The first-order valence-corrected chi connectivity index (χ1v) is 10.5. The first-order valence-electron chi connectivity index (χ1n) is 10.5. The van der Waals surface area contributed by atoms with Crippen molar-refractivity contribution >= 4 is 34.4 Å². The zero-order valence-electron chi connectivity index (χ0n) is 18.8. The third-order valence-corrected chi connectivity index (χ3v) is 4.79. The summed E-state index contributed by atoms with van der Waals surface area (Å²) in [6, 6.07) is 13.9. The van der Waals surface area contributed by atoms with Crippen LogP contribution in [-0.4, -0.2) is 34.4 Å². The number of H-pyrrole nitrogens is 1. The smallest absolute Gasteiger partial charge is 0.308 e. The average molecular weight is 436 g/mol. The Balaban J connectivity index is 1.72. The van der Waals surface area contributed by atoms with Crippen molar-refractivity contribution < 1.29 is 19.1 Å². The Morgan fingerprint density at radius 3 is 2.41 bits per heavy atom. The number of benzene rings is 2. The van der Waals surface area contributed by atoms with Gasteiger partial charge in [0.05, 0.1) is 12.8 Å². The topological polar surface area (TPSA) is 100 Å². The summed E-state index contributed by atoms with van der Waals surface area (Å²) in [6.45, 7) is 7.20. The Morgan fingerprint density at radius 1 is 1.03 bits per heavy atom. The number of aromatic amines is 1. The van der Waals surface area contributed by atoms with Crippen molar-refractivity contribution in [1.82, 2.24) is 10.3 Å². The predicted octanol–water partition coefficient (Wildman–Crippen LogP) is 3.87. The van der Waals surface area contributed by atoms with Crippen molar-refractivity contribution in [3.05, 3.63) is 65.9 Å². The molecule has 0 aliphatic rings. The van der Waals surface area contributed by atoms with E-state index in [1.165, 1.54) is 0 Å². The Hall–Kier alpha value is -3.61. The van der Waals surface area contributed by atoms with Crippen LogP contribution in [0.5, 0.6) is 0 Å². The van der Waals surface area contributed by atoms with Gasteiger partial charge in [0.2, 0.25) is 11.8 Å². The van der Waals surface area contributed by atoms with Crippen molar-refractivity contribution in [2.24, 2.45) is 0 Å². The van der Waals surface area contributed by atoms with E-state index in [1.54, 1.807) is 39.1 Å². The molecule has 7 nitrogen and oxygen atoms in total. The molecule has 168 valence electrons. The van der Waals surface area contributed by atoms with Gasteiger partial charge in [0.25, 0.3) is 0 Å². The predicted molar refractivity (Wildman–Crippen MR) is 124 cm³/mol. The number of esters is 1. The molecule has 3 N–H and O–H groups in total. The summed E-state index contributed by atoms with van der Waals surface area (Å²) in [4.78, 5) is 41.2. The molecule has 32 heavy (non-hydrogen) atoms. The van der Waals surface area contributed by atoms with Crippen LogP contribution in [0.15, 0.2) is 54.7 Å². The summed E-state index contributed by atoms with van der Waals surface area (Å²) in [5.41, 5.74) is 2.69. The van der Waals surface area contributed by atoms with Gasteiger partial charge in [-0.15, -0.1) is 0 Å². The molecule has 0 unspecified atom stereocenters. The molecule has 0 saturated carbocycles. The molecule has 0 radical (unpaired) electrons. The molecule has 0 saturated heterocycles. The van der Waals surface area contributed by atoms with E-state index in [0.29, 0.717) is 5.69 Å². The van der Waals surface area contributed by atoms with Crippen LogP contribution >= 0.6 is 0 Å². The number of hydrogen-bond acceptors (Lipinski definition) is 4. The van der Waals surface area contributed by atoms with E-state index < -0.39 is 23.5 Å². The minimum atomic E-state index is -1.07. The van der Waals surface area contributed by atoms with E-state index >= 15 is 0 Å². The molecule has 1 atom stereocenters. The SMILES string of the molecule is Cc1ccc(NC(=O)[C@H](CC(=O)OC(C)(C)C)NC(=O)Cc2c[nH]c3ccccc23)cc1. The van der Waals surface area contributed by atoms with Gasteiger partial charge >= 0.3 is 5.97 Å². The van der Waals surface area contributed by atoms with Gasteiger partial charge in [0, 0.05) is 22.8 Å². The summed E-state index contributed by atoms with van der Waals surface area (Å²) >= 11 is 0. The van der Waals surface area contributed by atoms with E-state index in [-0.39, 0.29) is 18.7 Å². The number of hydrogen-bond donors (Lipinski definition) is 3. The lowest BCUT2D eigenvalue weighted by Crippen LogP contribution is -2.46. The van der Waals surface area contributed by atoms with Crippen LogP contribution in [0, 0.1) is 6.92 Å². The molecule has 7 heteroatoms. The van der Waals surface area contributed by atoms with E-state index in [4.69, 9.17) is 4.74 Å². The number of carbonyl (C=O) groups excluding carboxylic acids is 3. The zero-order chi connectivity index (χ0) is 23.3. The second-order valence-corrected chi connectivity index (χ2v) is 8.80. The zero-order valence-corrected chi connectivity index (χ0v) is 18.8. The standard InChI is InChI=1S/C25H29N3O4/c1-16-9-11-18(12-10-16)27-24(31)21(14-23(30)32-25(2,3)4)28-22(29)13-17-15-26-20-8-6-5-7-19(17)20/h5-12,15,21,26H,13-14H2,1-4H3,(H,27,31)(H,28,29)/t21-/m0/s1. The first-order chi connectivity index (χ1) is 15.1. The van der Waals surface area contributed by atoms with Crippen molar-refractivity contribution in [3.8, 4) is 0 Å². The summed E-state index contributed by atoms with van der Waals surface area (Å²) in [5, 5.41) is 6.41. The molecule has 0 aliphatic heterocycles. The Labute approximate surface area is 187 Å². The van der Waals surface area contributed by atoms with Gasteiger partial charge in [0.15, 0.2) is 0 Å². The highest BCUT2D eigenvalue weighted by atomic mass is 16.6. The fourth-order valence-electron chi connectivity index (χ4n) is 3.32. The first kappa shape index (κ1) is 23.1. The summed E-state index contributed by atoms with van der Waals surface area (Å²) in [6.07, 6.45) is 1.58. The number of aryl methyl sites for hydroxylation is 1. The van der Waals surface area contributed by atoms with Gasteiger partial charge in [-0.05, 0) is 51.5 Å². The summed E-state index contributed by atoms with van der Waals surface area (Å²) < 4.78 is 5.35. The number of nitrogens with one attached hydrogen (secondary N) is 3. The maximum atomic E-state index is 12.9. The molecule has 3 aromatic rings. The highest BCUT2D eigenvalue weighted by Crippen LogP contribution is 2.18. The molecule has 2 aromatic carbocycles. The maximum absolute atomic E-state index is 12.9. The molecule has 0 aliphatic carbocycles. The molecule has 1 heterocycles. The highest BCUT2D eigenvalue weighted by Gasteiger charge is 2.27. The average Bonchev–Trinajstić information content (AvgIpc) is 3.10. The van der Waals surface area contributed by atoms with Gasteiger partial charge in [0.1, 0.15) is 11.6 Å². The Morgan fingerprint density at radius 2 is 1.72 bits per heavy atom.